The molecule has 0 radical (unpaired) electrons. The molecule has 1 aliphatic rings. The fraction of sp³-hybridized carbons (Fsp3) is 0.200. The number of ether oxygens (including phenoxy) is 1. The summed E-state index contributed by atoms with van der Waals surface area (Å²) in [5, 5.41) is 5.02. The topological polar surface area (TPSA) is 103 Å². The fourth-order valence-corrected chi connectivity index (χ4v) is 4.08. The van der Waals surface area contributed by atoms with Gasteiger partial charge >= 0.3 is 0 Å². The van der Waals surface area contributed by atoms with E-state index < -0.39 is 12.0 Å². The lowest BCUT2D eigenvalue weighted by molar-refractivity contribution is -0.133. The minimum Gasteiger partial charge on any atom is -0.367 e. The highest BCUT2D eigenvalue weighted by molar-refractivity contribution is 6.06. The van der Waals surface area contributed by atoms with Crippen LogP contribution in [0.25, 0.3) is 22.3 Å². The molecule has 3 heterocycles. The van der Waals surface area contributed by atoms with Crippen molar-refractivity contribution < 1.29 is 18.7 Å². The van der Waals surface area contributed by atoms with E-state index in [1.165, 1.54) is 12.1 Å². The number of primary amides is 1. The van der Waals surface area contributed by atoms with Gasteiger partial charge in [0, 0.05) is 12.1 Å². The van der Waals surface area contributed by atoms with E-state index >= 15 is 0 Å². The average Bonchev–Trinajstić information content (AvgIpc) is 3.26. The highest BCUT2D eigenvalue weighted by Gasteiger charge is 2.30. The Hall–Kier alpha value is -4.11. The van der Waals surface area contributed by atoms with Crippen LogP contribution in [-0.4, -0.2) is 57.3 Å². The number of halogens is 1. The number of nitrogens with two attached hydrogens (primary N) is 1. The zero-order valence-corrected chi connectivity index (χ0v) is 18.2. The van der Waals surface area contributed by atoms with E-state index in [1.807, 2.05) is 30.3 Å². The molecule has 34 heavy (non-hydrogen) atoms. The summed E-state index contributed by atoms with van der Waals surface area (Å²) in [6.45, 7) is 0.931. The van der Waals surface area contributed by atoms with Crippen LogP contribution in [0.15, 0.2) is 66.9 Å². The Kier molecular flexibility index (Phi) is 5.77. The number of pyridine rings is 1. The van der Waals surface area contributed by atoms with Crippen LogP contribution in [0, 0.1) is 5.82 Å². The molecule has 1 unspecified atom stereocenters. The summed E-state index contributed by atoms with van der Waals surface area (Å²) in [4.78, 5) is 31.6. The Labute approximate surface area is 194 Å². The number of carbonyl (C=O) groups excluding carboxylic acids is 2. The summed E-state index contributed by atoms with van der Waals surface area (Å²) < 4.78 is 20.8. The molecule has 4 aromatic rings. The number of hydrogen-bond donors (Lipinski definition) is 1. The SMILES string of the molecule is NC(=O)C1CN(C(=O)c2cc(-c3ccccc3)nc3c2cnn3Cc2cccc(F)c2)CCO1. The smallest absolute Gasteiger partial charge is 0.254 e. The third-order valence-electron chi connectivity index (χ3n) is 5.80. The number of benzene rings is 2. The Bertz CT molecular complexity index is 1370. The van der Waals surface area contributed by atoms with Crippen molar-refractivity contribution in [1.29, 1.82) is 0 Å². The third-order valence-corrected chi connectivity index (χ3v) is 5.80. The van der Waals surface area contributed by atoms with Crippen molar-refractivity contribution >= 4 is 22.8 Å². The van der Waals surface area contributed by atoms with Gasteiger partial charge in [-0.1, -0.05) is 42.5 Å². The minimum atomic E-state index is -0.848. The van der Waals surface area contributed by atoms with E-state index in [0.717, 1.165) is 11.1 Å². The molecule has 5 rings (SSSR count). The van der Waals surface area contributed by atoms with Gasteiger partial charge in [-0.15, -0.1) is 0 Å². The van der Waals surface area contributed by atoms with Crippen LogP contribution < -0.4 is 5.73 Å². The number of hydrogen-bond acceptors (Lipinski definition) is 5. The van der Waals surface area contributed by atoms with Crippen LogP contribution >= 0.6 is 0 Å². The molecule has 172 valence electrons. The van der Waals surface area contributed by atoms with Crippen molar-refractivity contribution in [3.8, 4) is 11.3 Å². The van der Waals surface area contributed by atoms with E-state index in [1.54, 1.807) is 34.0 Å². The first kappa shape index (κ1) is 21.7. The summed E-state index contributed by atoms with van der Waals surface area (Å²) in [7, 11) is 0. The molecule has 1 atom stereocenters. The van der Waals surface area contributed by atoms with Crippen molar-refractivity contribution in [3.05, 3.63) is 83.8 Å². The zero-order chi connectivity index (χ0) is 23.7. The van der Waals surface area contributed by atoms with Crippen LogP contribution in [0.3, 0.4) is 0 Å². The average molecular weight is 459 g/mol. The van der Waals surface area contributed by atoms with Crippen LogP contribution in [0.2, 0.25) is 0 Å². The number of amides is 2. The third kappa shape index (κ3) is 4.25. The highest BCUT2D eigenvalue weighted by Crippen LogP contribution is 2.27. The lowest BCUT2D eigenvalue weighted by atomic mass is 10.1. The molecule has 2 aromatic heterocycles. The maximum atomic E-state index is 13.7. The number of fused-ring (bicyclic) bond motifs is 1. The minimum absolute atomic E-state index is 0.0794. The van der Waals surface area contributed by atoms with Gasteiger partial charge in [0.2, 0.25) is 5.91 Å². The van der Waals surface area contributed by atoms with Gasteiger partial charge in [0.15, 0.2) is 11.8 Å². The van der Waals surface area contributed by atoms with E-state index in [0.29, 0.717) is 35.4 Å². The van der Waals surface area contributed by atoms with E-state index in [4.69, 9.17) is 15.5 Å². The Morgan fingerprint density at radius 1 is 1.12 bits per heavy atom. The maximum Gasteiger partial charge on any atom is 0.254 e. The summed E-state index contributed by atoms with van der Waals surface area (Å²) in [5.74, 6) is -1.20. The van der Waals surface area contributed by atoms with Crippen molar-refractivity contribution in [1.82, 2.24) is 19.7 Å². The number of aromatic nitrogens is 3. The van der Waals surface area contributed by atoms with Crippen LogP contribution in [-0.2, 0) is 16.1 Å². The molecule has 0 spiro atoms. The van der Waals surface area contributed by atoms with Crippen LogP contribution in [0.4, 0.5) is 4.39 Å². The van der Waals surface area contributed by atoms with Gasteiger partial charge < -0.3 is 15.4 Å². The second-order valence-corrected chi connectivity index (χ2v) is 8.10. The summed E-state index contributed by atoms with van der Waals surface area (Å²) in [5.41, 5.74) is 8.49. The highest BCUT2D eigenvalue weighted by atomic mass is 19.1. The normalized spacial score (nSPS) is 16.0. The fourth-order valence-electron chi connectivity index (χ4n) is 4.08. The van der Waals surface area contributed by atoms with Crippen molar-refractivity contribution in [2.45, 2.75) is 12.6 Å². The predicted molar refractivity (Wildman–Crippen MR) is 123 cm³/mol. The number of nitrogens with zero attached hydrogens (tertiary/aromatic N) is 4. The number of rotatable bonds is 5. The first-order valence-corrected chi connectivity index (χ1v) is 10.9. The molecule has 0 aliphatic carbocycles. The molecule has 2 amide bonds. The lowest BCUT2D eigenvalue weighted by Crippen LogP contribution is -2.50. The van der Waals surface area contributed by atoms with Gasteiger partial charge in [-0.05, 0) is 23.8 Å². The van der Waals surface area contributed by atoms with Gasteiger partial charge in [-0.2, -0.15) is 5.10 Å². The van der Waals surface area contributed by atoms with Crippen molar-refractivity contribution in [2.24, 2.45) is 5.73 Å². The maximum absolute atomic E-state index is 13.7. The van der Waals surface area contributed by atoms with E-state index in [-0.39, 0.29) is 24.9 Å². The first-order chi connectivity index (χ1) is 16.5. The summed E-state index contributed by atoms with van der Waals surface area (Å²) in [6, 6.07) is 17.5. The van der Waals surface area contributed by atoms with Crippen molar-refractivity contribution in [2.75, 3.05) is 19.7 Å². The standard InChI is InChI=1S/C25H22FN5O3/c26-18-8-4-5-16(11-18)14-31-24-20(13-28-31)19(12-21(29-24)17-6-2-1-3-7-17)25(33)30-9-10-34-22(15-30)23(27)32/h1-8,11-13,22H,9-10,14-15H2,(H2,27,32). The molecular weight excluding hydrogens is 437 g/mol. The van der Waals surface area contributed by atoms with Gasteiger partial charge in [0.25, 0.3) is 5.91 Å². The van der Waals surface area contributed by atoms with Gasteiger partial charge in [-0.25, -0.2) is 14.1 Å². The lowest BCUT2D eigenvalue weighted by Gasteiger charge is -2.31. The van der Waals surface area contributed by atoms with Crippen molar-refractivity contribution in [3.63, 3.8) is 0 Å². The second-order valence-electron chi connectivity index (χ2n) is 8.10. The van der Waals surface area contributed by atoms with Crippen LogP contribution in [0.5, 0.6) is 0 Å². The van der Waals surface area contributed by atoms with Crippen LogP contribution in [0.1, 0.15) is 15.9 Å². The van der Waals surface area contributed by atoms with Gasteiger partial charge in [-0.3, -0.25) is 9.59 Å². The molecule has 8 nitrogen and oxygen atoms in total. The molecule has 0 bridgehead atoms. The molecule has 1 aliphatic heterocycles. The Balaban J connectivity index is 1.59. The Morgan fingerprint density at radius 2 is 1.94 bits per heavy atom. The predicted octanol–water partition coefficient (Wildman–Crippen LogP) is 2.61. The largest absolute Gasteiger partial charge is 0.367 e. The van der Waals surface area contributed by atoms with Gasteiger partial charge in [0.05, 0.1) is 42.5 Å². The zero-order valence-electron chi connectivity index (χ0n) is 18.2. The molecule has 2 N–H and O–H groups in total. The molecule has 0 saturated carbocycles. The number of carbonyl (C=O) groups is 2. The second kappa shape index (κ2) is 9.03. The first-order valence-electron chi connectivity index (χ1n) is 10.9. The molecule has 9 heteroatoms. The quantitative estimate of drug-likeness (QED) is 0.494. The molecule has 1 fully saturated rings. The van der Waals surface area contributed by atoms with E-state index in [2.05, 4.69) is 5.10 Å². The molecule has 2 aromatic carbocycles. The Morgan fingerprint density at radius 3 is 2.71 bits per heavy atom. The molecular formula is C25H22FN5O3. The van der Waals surface area contributed by atoms with Gasteiger partial charge in [0.1, 0.15) is 5.82 Å². The summed E-state index contributed by atoms with van der Waals surface area (Å²) in [6.07, 6.45) is 0.745. The molecule has 1 saturated heterocycles. The number of morpholine rings is 1. The van der Waals surface area contributed by atoms with E-state index in [9.17, 15) is 14.0 Å². The monoisotopic (exact) mass is 459 g/mol. The summed E-state index contributed by atoms with van der Waals surface area (Å²) >= 11 is 0.